The summed E-state index contributed by atoms with van der Waals surface area (Å²) in [5.74, 6) is -5.03. The van der Waals surface area contributed by atoms with E-state index in [1.807, 2.05) is 0 Å². The minimum atomic E-state index is -1.63. The van der Waals surface area contributed by atoms with Gasteiger partial charge in [-0.2, -0.15) is 0 Å². The smallest absolute Gasteiger partial charge is 0.194 e. The van der Waals surface area contributed by atoms with E-state index in [4.69, 9.17) is 4.74 Å². The number of halogens is 5. The largest absolute Gasteiger partial charge is 0.394 e. The molecule has 2 aromatic carbocycles. The molecular formula is C20H16BrF4N3O4S. The van der Waals surface area contributed by atoms with E-state index in [9.17, 15) is 32.9 Å². The quantitative estimate of drug-likeness (QED) is 0.332. The van der Waals surface area contributed by atoms with Crippen LogP contribution in [-0.4, -0.2) is 60.7 Å². The van der Waals surface area contributed by atoms with Gasteiger partial charge in [0.15, 0.2) is 17.5 Å². The van der Waals surface area contributed by atoms with Crippen LogP contribution in [0.25, 0.3) is 11.3 Å². The summed E-state index contributed by atoms with van der Waals surface area (Å²) in [7, 11) is 0. The summed E-state index contributed by atoms with van der Waals surface area (Å²) in [4.78, 5) is 0.150. The lowest BCUT2D eigenvalue weighted by atomic mass is 9.97. The summed E-state index contributed by atoms with van der Waals surface area (Å²) >= 11 is 4.08. The molecule has 33 heavy (non-hydrogen) atoms. The van der Waals surface area contributed by atoms with Gasteiger partial charge in [0.25, 0.3) is 0 Å². The molecule has 4 rings (SSSR count). The molecule has 1 fully saturated rings. The number of rotatable bonds is 5. The van der Waals surface area contributed by atoms with Crippen molar-refractivity contribution in [1.29, 1.82) is 0 Å². The highest BCUT2D eigenvalue weighted by molar-refractivity contribution is 9.10. The van der Waals surface area contributed by atoms with Crippen LogP contribution in [0.15, 0.2) is 45.9 Å². The molecule has 1 aromatic heterocycles. The van der Waals surface area contributed by atoms with Gasteiger partial charge in [-0.1, -0.05) is 32.9 Å². The Hall–Kier alpha value is -2.03. The Bertz CT molecular complexity index is 1150. The number of thioether (sulfide) groups is 1. The van der Waals surface area contributed by atoms with E-state index in [1.54, 1.807) is 0 Å². The molecule has 1 aliphatic rings. The Kier molecular flexibility index (Phi) is 7.07. The van der Waals surface area contributed by atoms with E-state index in [-0.39, 0.29) is 16.2 Å². The van der Waals surface area contributed by atoms with Crippen LogP contribution in [0.4, 0.5) is 17.6 Å². The first-order valence-corrected chi connectivity index (χ1v) is 11.2. The molecule has 176 valence electrons. The first-order chi connectivity index (χ1) is 15.7. The van der Waals surface area contributed by atoms with Crippen molar-refractivity contribution in [1.82, 2.24) is 15.0 Å². The number of nitrogens with zero attached hydrogens (tertiary/aromatic N) is 3. The Morgan fingerprint density at radius 3 is 2.39 bits per heavy atom. The molecule has 0 amide bonds. The molecule has 5 atom stereocenters. The molecule has 7 nitrogen and oxygen atoms in total. The number of hydrogen-bond donors (Lipinski definition) is 3. The summed E-state index contributed by atoms with van der Waals surface area (Å²) in [6, 6.07) is 4.46. The van der Waals surface area contributed by atoms with Gasteiger partial charge in [0.05, 0.1) is 12.8 Å². The van der Waals surface area contributed by atoms with Crippen molar-refractivity contribution in [2.75, 3.05) is 6.61 Å². The maximum Gasteiger partial charge on any atom is 0.194 e. The summed E-state index contributed by atoms with van der Waals surface area (Å²) < 4.78 is 61.9. The van der Waals surface area contributed by atoms with Crippen LogP contribution in [-0.2, 0) is 4.74 Å². The van der Waals surface area contributed by atoms with Crippen LogP contribution in [0.2, 0.25) is 0 Å². The maximum absolute atomic E-state index is 14.2. The first kappa shape index (κ1) is 24.1. The Labute approximate surface area is 197 Å². The molecule has 0 bridgehead atoms. The number of aliphatic hydroxyl groups excluding tert-OH is 3. The SMILES string of the molecule is OCC1OC(Sc2cc(Br)ccc2F)C(O)C(n2cc(-c3cc(F)c(F)c(F)c3)nn2)C1O. The minimum Gasteiger partial charge on any atom is -0.394 e. The van der Waals surface area contributed by atoms with Crippen molar-refractivity contribution in [3.63, 3.8) is 0 Å². The predicted octanol–water partition coefficient (Wildman–Crippen LogP) is 3.04. The molecule has 1 saturated heterocycles. The third-order valence-corrected chi connectivity index (χ3v) is 6.76. The lowest BCUT2D eigenvalue weighted by Crippen LogP contribution is -2.55. The highest BCUT2D eigenvalue weighted by Crippen LogP contribution is 2.39. The fraction of sp³-hybridized carbons (Fsp3) is 0.300. The standard InChI is InChI=1S/C20H16BrF4N3O4S/c21-9-1-2-10(22)15(5-9)33-20-19(31)17(18(30)14(7-29)32-20)28-6-13(26-27-28)8-3-11(23)16(25)12(24)4-8/h1-6,14,17-20,29-31H,7H2. The highest BCUT2D eigenvalue weighted by Gasteiger charge is 2.46. The predicted molar refractivity (Wildman–Crippen MR) is 112 cm³/mol. The molecule has 3 N–H and O–H groups in total. The second-order valence-corrected chi connectivity index (χ2v) is 9.28. The lowest BCUT2D eigenvalue weighted by Gasteiger charge is -2.41. The van der Waals surface area contributed by atoms with E-state index in [0.29, 0.717) is 4.47 Å². The van der Waals surface area contributed by atoms with Crippen molar-refractivity contribution in [3.8, 4) is 11.3 Å². The van der Waals surface area contributed by atoms with Gasteiger partial charge in [0.1, 0.15) is 41.3 Å². The van der Waals surface area contributed by atoms with Crippen molar-refractivity contribution < 1.29 is 37.6 Å². The van der Waals surface area contributed by atoms with E-state index >= 15 is 0 Å². The second-order valence-electron chi connectivity index (χ2n) is 7.23. The topological polar surface area (TPSA) is 101 Å². The molecular weight excluding hydrogens is 534 g/mol. The number of benzene rings is 2. The molecule has 2 heterocycles. The van der Waals surface area contributed by atoms with Crippen LogP contribution in [0, 0.1) is 23.3 Å². The van der Waals surface area contributed by atoms with Gasteiger partial charge in [0, 0.05) is 14.9 Å². The van der Waals surface area contributed by atoms with Crippen molar-refractivity contribution in [2.24, 2.45) is 0 Å². The number of hydrogen-bond acceptors (Lipinski definition) is 7. The van der Waals surface area contributed by atoms with Crippen molar-refractivity contribution >= 4 is 27.7 Å². The van der Waals surface area contributed by atoms with Crippen molar-refractivity contribution in [3.05, 3.63) is 64.3 Å². The van der Waals surface area contributed by atoms with Gasteiger partial charge in [-0.25, -0.2) is 22.2 Å². The monoisotopic (exact) mass is 549 g/mol. The number of aromatic nitrogens is 3. The molecule has 0 aliphatic carbocycles. The van der Waals surface area contributed by atoms with E-state index < -0.39 is 59.7 Å². The van der Waals surface area contributed by atoms with Gasteiger partial charge in [0.2, 0.25) is 0 Å². The number of aliphatic hydroxyl groups is 3. The van der Waals surface area contributed by atoms with E-state index in [2.05, 4.69) is 26.2 Å². The second kappa shape index (κ2) is 9.68. The molecule has 13 heteroatoms. The minimum absolute atomic E-state index is 0.0542. The highest BCUT2D eigenvalue weighted by atomic mass is 79.9. The average Bonchev–Trinajstić information content (AvgIpc) is 3.26. The molecule has 5 unspecified atom stereocenters. The maximum atomic E-state index is 14.2. The van der Waals surface area contributed by atoms with Gasteiger partial charge in [-0.15, -0.1) is 5.10 Å². The summed E-state index contributed by atoms with van der Waals surface area (Å²) in [6.45, 7) is -0.613. The molecule has 3 aromatic rings. The molecule has 0 radical (unpaired) electrons. The lowest BCUT2D eigenvalue weighted by molar-refractivity contribution is -0.178. The molecule has 1 aliphatic heterocycles. The van der Waals surface area contributed by atoms with E-state index in [0.717, 1.165) is 28.6 Å². The first-order valence-electron chi connectivity index (χ1n) is 9.50. The Balaban J connectivity index is 1.65. The van der Waals surface area contributed by atoms with E-state index in [1.165, 1.54) is 24.4 Å². The summed E-state index contributed by atoms with van der Waals surface area (Å²) in [5.41, 5.74) is -1.29. The van der Waals surface area contributed by atoms with Gasteiger partial charge >= 0.3 is 0 Å². The third kappa shape index (κ3) is 4.79. The molecule has 0 spiro atoms. The zero-order valence-electron chi connectivity index (χ0n) is 16.4. The van der Waals surface area contributed by atoms with Crippen molar-refractivity contribution in [2.45, 2.75) is 34.7 Å². The van der Waals surface area contributed by atoms with Gasteiger partial charge in [-0.05, 0) is 30.3 Å². The Morgan fingerprint density at radius 2 is 1.73 bits per heavy atom. The zero-order chi connectivity index (χ0) is 23.9. The van der Waals surface area contributed by atoms with Gasteiger partial charge in [-0.3, -0.25) is 0 Å². The third-order valence-electron chi connectivity index (χ3n) is 5.08. The zero-order valence-corrected chi connectivity index (χ0v) is 18.9. The Morgan fingerprint density at radius 1 is 1.03 bits per heavy atom. The van der Waals surface area contributed by atoms with Crippen LogP contribution in [0.5, 0.6) is 0 Å². The summed E-state index contributed by atoms with van der Waals surface area (Å²) in [5, 5.41) is 38.8. The average molecular weight is 550 g/mol. The fourth-order valence-corrected chi connectivity index (χ4v) is 5.07. The van der Waals surface area contributed by atoms with Gasteiger partial charge < -0.3 is 20.1 Å². The van der Waals surface area contributed by atoms with Crippen LogP contribution in [0.1, 0.15) is 6.04 Å². The molecule has 0 saturated carbocycles. The normalized spacial score (nSPS) is 25.4. The van der Waals surface area contributed by atoms with Crippen LogP contribution in [0.3, 0.4) is 0 Å². The van der Waals surface area contributed by atoms with Crippen LogP contribution < -0.4 is 0 Å². The fourth-order valence-electron chi connectivity index (χ4n) is 3.43. The number of ether oxygens (including phenoxy) is 1. The summed E-state index contributed by atoms with van der Waals surface area (Å²) in [6.07, 6.45) is -2.86. The van der Waals surface area contributed by atoms with Crippen LogP contribution >= 0.6 is 27.7 Å².